The van der Waals surface area contributed by atoms with Crippen molar-refractivity contribution < 1.29 is 13.5 Å². The molecule has 1 aromatic rings. The molecule has 2 atom stereocenters. The van der Waals surface area contributed by atoms with Crippen LogP contribution in [0.25, 0.3) is 0 Å². The minimum Gasteiger partial charge on any atom is -0.396 e. The average molecular weight is 284 g/mol. The number of sulfone groups is 1. The van der Waals surface area contributed by atoms with Gasteiger partial charge in [-0.2, -0.15) is 0 Å². The lowest BCUT2D eigenvalue weighted by Gasteiger charge is -2.21. The summed E-state index contributed by atoms with van der Waals surface area (Å²) < 4.78 is 25.8. The third-order valence-electron chi connectivity index (χ3n) is 4.30. The molecule has 0 saturated carbocycles. The second-order valence-corrected chi connectivity index (χ2v) is 8.12. The third kappa shape index (κ3) is 2.56. The van der Waals surface area contributed by atoms with Gasteiger partial charge in [0.15, 0.2) is 9.84 Å². The van der Waals surface area contributed by atoms with Gasteiger partial charge in [-0.05, 0) is 19.3 Å². The number of hydrogen-bond acceptors (Lipinski definition) is 4. The molecule has 1 aromatic heterocycles. The van der Waals surface area contributed by atoms with Gasteiger partial charge in [0, 0.05) is 38.1 Å². The van der Waals surface area contributed by atoms with Crippen molar-refractivity contribution in [2.75, 3.05) is 12.4 Å². The zero-order valence-electron chi connectivity index (χ0n) is 11.0. The molecule has 3 heterocycles. The number of aliphatic hydroxyl groups excluding tert-OH is 1. The van der Waals surface area contributed by atoms with E-state index in [1.54, 1.807) is 0 Å². The van der Waals surface area contributed by atoms with Crippen LogP contribution < -0.4 is 0 Å². The smallest absolute Gasteiger partial charge is 0.153 e. The fourth-order valence-electron chi connectivity index (χ4n) is 3.14. The Morgan fingerprint density at radius 2 is 2.26 bits per heavy atom. The highest BCUT2D eigenvalue weighted by molar-refractivity contribution is 7.92. The molecule has 1 saturated heterocycles. The molecular weight excluding hydrogens is 264 g/mol. The lowest BCUT2D eigenvalue weighted by atomic mass is 10.0. The molecular formula is C13H20N2O3S. The first-order chi connectivity index (χ1) is 9.08. The fourth-order valence-corrected chi connectivity index (χ4v) is 4.99. The Morgan fingerprint density at radius 3 is 2.95 bits per heavy atom. The van der Waals surface area contributed by atoms with Gasteiger partial charge in [0.2, 0.25) is 0 Å². The maximum atomic E-state index is 11.8. The summed E-state index contributed by atoms with van der Waals surface area (Å²) in [6, 6.07) is 0. The normalized spacial score (nSPS) is 29.3. The van der Waals surface area contributed by atoms with Crippen LogP contribution in [0, 0.1) is 5.92 Å². The van der Waals surface area contributed by atoms with Crippen LogP contribution in [0.15, 0.2) is 6.20 Å². The van der Waals surface area contributed by atoms with Crippen LogP contribution in [0.2, 0.25) is 0 Å². The van der Waals surface area contributed by atoms with Crippen LogP contribution in [0.3, 0.4) is 0 Å². The summed E-state index contributed by atoms with van der Waals surface area (Å²) in [5.41, 5.74) is 0.893. The van der Waals surface area contributed by atoms with Gasteiger partial charge in [0.05, 0.1) is 16.7 Å². The van der Waals surface area contributed by atoms with E-state index < -0.39 is 9.84 Å². The monoisotopic (exact) mass is 284 g/mol. The maximum Gasteiger partial charge on any atom is 0.153 e. The number of aryl methyl sites for hydroxylation is 1. The molecule has 0 radical (unpaired) electrons. The van der Waals surface area contributed by atoms with Gasteiger partial charge in [0.1, 0.15) is 5.82 Å². The SMILES string of the molecule is O=S1(=O)CCCC1Cc1cn2c(n1)CCC(CO)C2. The van der Waals surface area contributed by atoms with Gasteiger partial charge in [0.25, 0.3) is 0 Å². The molecule has 0 bridgehead atoms. The van der Waals surface area contributed by atoms with Crippen LogP contribution in [-0.4, -0.2) is 40.7 Å². The van der Waals surface area contributed by atoms with Crippen molar-refractivity contribution in [2.24, 2.45) is 5.92 Å². The largest absolute Gasteiger partial charge is 0.396 e. The molecule has 1 N–H and O–H groups in total. The summed E-state index contributed by atoms with van der Waals surface area (Å²) in [5.74, 6) is 1.68. The second kappa shape index (κ2) is 4.90. The highest BCUT2D eigenvalue weighted by Gasteiger charge is 2.32. The number of fused-ring (bicyclic) bond motifs is 1. The summed E-state index contributed by atoms with van der Waals surface area (Å²) in [7, 11) is -2.89. The first-order valence-corrected chi connectivity index (χ1v) is 8.67. The molecule has 0 aliphatic carbocycles. The molecule has 19 heavy (non-hydrogen) atoms. The molecule has 6 heteroatoms. The van der Waals surface area contributed by atoms with E-state index in [9.17, 15) is 13.5 Å². The quantitative estimate of drug-likeness (QED) is 0.880. The average Bonchev–Trinajstić information content (AvgIpc) is 2.92. The van der Waals surface area contributed by atoms with E-state index in [0.717, 1.165) is 43.7 Å². The van der Waals surface area contributed by atoms with E-state index in [-0.39, 0.29) is 11.9 Å². The van der Waals surface area contributed by atoms with E-state index in [4.69, 9.17) is 0 Å². The summed E-state index contributed by atoms with van der Waals surface area (Å²) in [6.45, 7) is 1.01. The topological polar surface area (TPSA) is 72.2 Å². The number of imidazole rings is 1. The van der Waals surface area contributed by atoms with E-state index in [0.29, 0.717) is 18.1 Å². The van der Waals surface area contributed by atoms with Crippen LogP contribution in [0.4, 0.5) is 0 Å². The van der Waals surface area contributed by atoms with E-state index >= 15 is 0 Å². The molecule has 2 aliphatic heterocycles. The van der Waals surface area contributed by atoms with Crippen LogP contribution in [0.1, 0.15) is 30.8 Å². The summed E-state index contributed by atoms with van der Waals surface area (Å²) in [4.78, 5) is 4.57. The van der Waals surface area contributed by atoms with Crippen LogP contribution in [-0.2, 0) is 29.2 Å². The Balaban J connectivity index is 1.75. The predicted octanol–water partition coefficient (Wildman–Crippen LogP) is 0.557. The highest BCUT2D eigenvalue weighted by Crippen LogP contribution is 2.25. The Kier molecular flexibility index (Phi) is 3.39. The van der Waals surface area contributed by atoms with Crippen LogP contribution in [0.5, 0.6) is 0 Å². The zero-order valence-corrected chi connectivity index (χ0v) is 11.8. The van der Waals surface area contributed by atoms with Gasteiger partial charge in [-0.15, -0.1) is 0 Å². The van der Waals surface area contributed by atoms with Crippen molar-refractivity contribution in [1.29, 1.82) is 0 Å². The molecule has 2 unspecified atom stereocenters. The third-order valence-corrected chi connectivity index (χ3v) is 6.57. The first kappa shape index (κ1) is 13.1. The summed E-state index contributed by atoms with van der Waals surface area (Å²) in [6.07, 6.45) is 5.92. The molecule has 0 amide bonds. The van der Waals surface area contributed by atoms with Gasteiger partial charge in [-0.25, -0.2) is 13.4 Å². The molecule has 3 rings (SSSR count). The van der Waals surface area contributed by atoms with Crippen molar-refractivity contribution >= 4 is 9.84 Å². The fraction of sp³-hybridized carbons (Fsp3) is 0.769. The van der Waals surface area contributed by atoms with Gasteiger partial charge < -0.3 is 9.67 Å². The predicted molar refractivity (Wildman–Crippen MR) is 71.6 cm³/mol. The van der Waals surface area contributed by atoms with Crippen molar-refractivity contribution in [3.8, 4) is 0 Å². The minimum absolute atomic E-state index is 0.212. The molecule has 5 nitrogen and oxygen atoms in total. The van der Waals surface area contributed by atoms with Crippen molar-refractivity contribution in [3.05, 3.63) is 17.7 Å². The standard InChI is InChI=1S/C13H20N2O3S/c16-9-10-3-4-13-14-11(8-15(13)7-10)6-12-2-1-5-19(12,17)18/h8,10,12,16H,1-7,9H2. The Labute approximate surface area is 113 Å². The van der Waals surface area contributed by atoms with Crippen LogP contribution >= 0.6 is 0 Å². The number of aliphatic hydroxyl groups is 1. The van der Waals surface area contributed by atoms with Crippen molar-refractivity contribution in [2.45, 2.75) is 43.9 Å². The molecule has 2 aliphatic rings. The Hall–Kier alpha value is -0.880. The number of hydrogen-bond donors (Lipinski definition) is 1. The highest BCUT2D eigenvalue weighted by atomic mass is 32.2. The van der Waals surface area contributed by atoms with E-state index in [1.807, 2.05) is 6.20 Å². The number of nitrogens with zero attached hydrogens (tertiary/aromatic N) is 2. The molecule has 106 valence electrons. The number of aromatic nitrogens is 2. The minimum atomic E-state index is -2.89. The van der Waals surface area contributed by atoms with Crippen molar-refractivity contribution in [1.82, 2.24) is 9.55 Å². The number of rotatable bonds is 3. The van der Waals surface area contributed by atoms with E-state index in [2.05, 4.69) is 9.55 Å². The van der Waals surface area contributed by atoms with Gasteiger partial charge in [-0.3, -0.25) is 0 Å². The Morgan fingerprint density at radius 1 is 1.42 bits per heavy atom. The zero-order chi connectivity index (χ0) is 13.5. The Bertz CT molecular complexity index is 564. The van der Waals surface area contributed by atoms with Gasteiger partial charge in [-0.1, -0.05) is 0 Å². The van der Waals surface area contributed by atoms with Gasteiger partial charge >= 0.3 is 0 Å². The lowest BCUT2D eigenvalue weighted by Crippen LogP contribution is -2.22. The second-order valence-electron chi connectivity index (χ2n) is 5.72. The summed E-state index contributed by atoms with van der Waals surface area (Å²) in [5, 5.41) is 8.97. The molecule has 1 fully saturated rings. The molecule has 0 spiro atoms. The molecule has 0 aromatic carbocycles. The first-order valence-electron chi connectivity index (χ1n) is 6.96. The van der Waals surface area contributed by atoms with E-state index in [1.165, 1.54) is 0 Å². The maximum absolute atomic E-state index is 11.8. The lowest BCUT2D eigenvalue weighted by molar-refractivity contribution is 0.190. The van der Waals surface area contributed by atoms with Crippen molar-refractivity contribution in [3.63, 3.8) is 0 Å². The summed E-state index contributed by atoms with van der Waals surface area (Å²) >= 11 is 0.